The van der Waals surface area contributed by atoms with Crippen LogP contribution in [-0.2, 0) is 0 Å². The average molecular weight is 371 g/mol. The van der Waals surface area contributed by atoms with Crippen molar-refractivity contribution in [2.24, 2.45) is 0 Å². The Hall–Kier alpha value is -2.53. The topological polar surface area (TPSA) is 34.9 Å². The smallest absolute Gasteiger partial charge is 0.185 e. The van der Waals surface area contributed by atoms with Gasteiger partial charge in [0.15, 0.2) is 5.78 Å². The highest BCUT2D eigenvalue weighted by Gasteiger charge is 2.04. The standard InChI is InChI=1S/C18H12BrFN2O/c19-15-4-7-17(20)14(11-15)3-8-18(23)13-1-5-16(6-2-13)22-10-9-21-12-22/h1-12H/b8-3+. The van der Waals surface area contributed by atoms with Gasteiger partial charge in [-0.15, -0.1) is 0 Å². The molecule has 3 nitrogen and oxygen atoms in total. The van der Waals surface area contributed by atoms with Crippen LogP contribution in [0.25, 0.3) is 11.8 Å². The Morgan fingerprint density at radius 1 is 1.17 bits per heavy atom. The zero-order chi connectivity index (χ0) is 16.2. The normalized spacial score (nSPS) is 11.0. The van der Waals surface area contributed by atoms with Crippen molar-refractivity contribution in [2.75, 3.05) is 0 Å². The Bertz CT molecular complexity index is 855. The average Bonchev–Trinajstić information content (AvgIpc) is 3.10. The maximum atomic E-state index is 13.6. The van der Waals surface area contributed by atoms with Crippen molar-refractivity contribution in [1.29, 1.82) is 0 Å². The van der Waals surface area contributed by atoms with Gasteiger partial charge in [-0.3, -0.25) is 4.79 Å². The number of benzene rings is 2. The lowest BCUT2D eigenvalue weighted by Gasteiger charge is -2.03. The minimum atomic E-state index is -0.368. The summed E-state index contributed by atoms with van der Waals surface area (Å²) in [6.07, 6.45) is 8.05. The number of aromatic nitrogens is 2. The van der Waals surface area contributed by atoms with E-state index in [1.54, 1.807) is 36.8 Å². The van der Waals surface area contributed by atoms with Gasteiger partial charge in [0.25, 0.3) is 0 Å². The van der Waals surface area contributed by atoms with Gasteiger partial charge in [-0.05, 0) is 54.6 Å². The van der Waals surface area contributed by atoms with E-state index in [9.17, 15) is 9.18 Å². The van der Waals surface area contributed by atoms with Crippen LogP contribution in [0.4, 0.5) is 4.39 Å². The van der Waals surface area contributed by atoms with Crippen LogP contribution in [-0.4, -0.2) is 15.3 Å². The maximum Gasteiger partial charge on any atom is 0.185 e. The molecule has 0 amide bonds. The number of rotatable bonds is 4. The molecule has 0 aliphatic carbocycles. The second-order valence-electron chi connectivity index (χ2n) is 4.88. The number of hydrogen-bond donors (Lipinski definition) is 0. The second kappa shape index (κ2) is 6.71. The van der Waals surface area contributed by atoms with E-state index < -0.39 is 0 Å². The van der Waals surface area contributed by atoms with E-state index in [2.05, 4.69) is 20.9 Å². The quantitative estimate of drug-likeness (QED) is 0.494. The molecule has 0 saturated heterocycles. The second-order valence-corrected chi connectivity index (χ2v) is 5.80. The van der Waals surface area contributed by atoms with Gasteiger partial charge in [0.1, 0.15) is 5.82 Å². The van der Waals surface area contributed by atoms with Crippen molar-refractivity contribution in [2.45, 2.75) is 0 Å². The van der Waals surface area contributed by atoms with Gasteiger partial charge < -0.3 is 4.57 Å². The molecule has 114 valence electrons. The minimum Gasteiger partial charge on any atom is -0.306 e. The van der Waals surface area contributed by atoms with Crippen LogP contribution in [0.2, 0.25) is 0 Å². The van der Waals surface area contributed by atoms with Crippen LogP contribution >= 0.6 is 15.9 Å². The Morgan fingerprint density at radius 3 is 2.65 bits per heavy atom. The predicted molar refractivity (Wildman–Crippen MR) is 91.0 cm³/mol. The van der Waals surface area contributed by atoms with E-state index >= 15 is 0 Å². The van der Waals surface area contributed by atoms with E-state index in [0.717, 1.165) is 10.2 Å². The van der Waals surface area contributed by atoms with Crippen molar-refractivity contribution in [3.05, 3.63) is 88.7 Å². The van der Waals surface area contributed by atoms with Gasteiger partial charge in [-0.25, -0.2) is 9.37 Å². The molecule has 1 heterocycles. The van der Waals surface area contributed by atoms with Crippen LogP contribution in [0.3, 0.4) is 0 Å². The summed E-state index contributed by atoms with van der Waals surface area (Å²) in [6, 6.07) is 11.7. The molecule has 0 atom stereocenters. The molecule has 0 saturated carbocycles. The molecule has 0 fully saturated rings. The SMILES string of the molecule is O=C(/C=C/c1cc(Br)ccc1F)c1ccc(-n2ccnc2)cc1. The highest BCUT2D eigenvalue weighted by molar-refractivity contribution is 9.10. The van der Waals surface area contributed by atoms with E-state index in [0.29, 0.717) is 11.1 Å². The number of halogens is 2. The highest BCUT2D eigenvalue weighted by Crippen LogP contribution is 2.17. The van der Waals surface area contributed by atoms with Crippen LogP contribution in [0.5, 0.6) is 0 Å². The van der Waals surface area contributed by atoms with Crippen LogP contribution in [0.15, 0.2) is 71.7 Å². The summed E-state index contributed by atoms with van der Waals surface area (Å²) in [5.41, 5.74) is 1.82. The largest absolute Gasteiger partial charge is 0.306 e. The van der Waals surface area contributed by atoms with Crippen molar-refractivity contribution >= 4 is 27.8 Å². The first kappa shape index (κ1) is 15.4. The minimum absolute atomic E-state index is 0.179. The third-order valence-corrected chi connectivity index (χ3v) is 3.82. The molecule has 2 aromatic carbocycles. The number of nitrogens with zero attached hydrogens (tertiary/aromatic N) is 2. The lowest BCUT2D eigenvalue weighted by atomic mass is 10.1. The van der Waals surface area contributed by atoms with Gasteiger partial charge in [-0.1, -0.05) is 15.9 Å². The fourth-order valence-corrected chi connectivity index (χ4v) is 2.49. The van der Waals surface area contributed by atoms with Crippen molar-refractivity contribution in [3.8, 4) is 5.69 Å². The molecular formula is C18H12BrFN2O. The molecule has 0 unspecified atom stereocenters. The fraction of sp³-hybridized carbons (Fsp3) is 0. The molecule has 3 rings (SSSR count). The van der Waals surface area contributed by atoms with Crippen molar-refractivity contribution in [1.82, 2.24) is 9.55 Å². The fourth-order valence-electron chi connectivity index (χ4n) is 2.11. The molecule has 0 N–H and O–H groups in total. The van der Waals surface area contributed by atoms with Crippen LogP contribution < -0.4 is 0 Å². The van der Waals surface area contributed by atoms with Crippen LogP contribution in [0.1, 0.15) is 15.9 Å². The van der Waals surface area contributed by atoms with Crippen molar-refractivity contribution < 1.29 is 9.18 Å². The first-order chi connectivity index (χ1) is 11.1. The number of ketones is 1. The molecule has 23 heavy (non-hydrogen) atoms. The summed E-state index contributed by atoms with van der Waals surface area (Å²) < 4.78 is 16.2. The van der Waals surface area contributed by atoms with Gasteiger partial charge in [0.2, 0.25) is 0 Å². The third kappa shape index (κ3) is 3.63. The monoisotopic (exact) mass is 370 g/mol. The number of imidazole rings is 1. The zero-order valence-electron chi connectivity index (χ0n) is 12.0. The van der Waals surface area contributed by atoms with Gasteiger partial charge >= 0.3 is 0 Å². The predicted octanol–water partition coefficient (Wildman–Crippen LogP) is 4.67. The number of carbonyl (C=O) groups excluding carboxylic acids is 1. The highest BCUT2D eigenvalue weighted by atomic mass is 79.9. The van der Waals surface area contributed by atoms with Gasteiger partial charge in [-0.2, -0.15) is 0 Å². The number of carbonyl (C=O) groups is 1. The summed E-state index contributed by atoms with van der Waals surface area (Å²) in [5, 5.41) is 0. The lowest BCUT2D eigenvalue weighted by Crippen LogP contribution is -1.96. The summed E-state index contributed by atoms with van der Waals surface area (Å²) in [4.78, 5) is 16.2. The zero-order valence-corrected chi connectivity index (χ0v) is 13.6. The number of hydrogen-bond acceptors (Lipinski definition) is 2. The molecular weight excluding hydrogens is 359 g/mol. The summed E-state index contributed by atoms with van der Waals surface area (Å²) in [7, 11) is 0. The van der Waals surface area contributed by atoms with E-state index in [-0.39, 0.29) is 11.6 Å². The van der Waals surface area contributed by atoms with Crippen molar-refractivity contribution in [3.63, 3.8) is 0 Å². The molecule has 0 bridgehead atoms. The Labute approximate surface area is 141 Å². The van der Waals surface area contributed by atoms with Crippen LogP contribution in [0, 0.1) is 5.82 Å². The summed E-state index contributed by atoms with van der Waals surface area (Å²) in [5.74, 6) is -0.547. The Balaban J connectivity index is 1.78. The number of allylic oxidation sites excluding steroid dienone is 1. The molecule has 0 aliphatic rings. The van der Waals surface area contributed by atoms with Gasteiger partial charge in [0.05, 0.1) is 6.33 Å². The molecule has 3 aromatic rings. The molecule has 5 heteroatoms. The molecule has 0 spiro atoms. The first-order valence-corrected chi connectivity index (χ1v) is 7.68. The molecule has 0 aliphatic heterocycles. The molecule has 0 radical (unpaired) electrons. The van der Waals surface area contributed by atoms with E-state index in [1.807, 2.05) is 22.9 Å². The maximum absolute atomic E-state index is 13.6. The lowest BCUT2D eigenvalue weighted by molar-refractivity contribution is 0.104. The Morgan fingerprint density at radius 2 is 1.96 bits per heavy atom. The molecule has 1 aromatic heterocycles. The Kier molecular flexibility index (Phi) is 4.48. The first-order valence-electron chi connectivity index (χ1n) is 6.89. The summed E-state index contributed by atoms with van der Waals surface area (Å²) in [6.45, 7) is 0. The third-order valence-electron chi connectivity index (χ3n) is 3.33. The van der Waals surface area contributed by atoms with E-state index in [1.165, 1.54) is 18.2 Å². The van der Waals surface area contributed by atoms with E-state index in [4.69, 9.17) is 0 Å². The van der Waals surface area contributed by atoms with Gasteiger partial charge in [0, 0.05) is 33.7 Å². The summed E-state index contributed by atoms with van der Waals surface area (Å²) >= 11 is 3.28.